The van der Waals surface area contributed by atoms with Crippen LogP contribution in [0.4, 0.5) is 8.78 Å². The zero-order valence-corrected chi connectivity index (χ0v) is 11.8. The third-order valence-electron chi connectivity index (χ3n) is 3.02. The highest BCUT2D eigenvalue weighted by Gasteiger charge is 2.15. The molecule has 1 heterocycles. The normalized spacial score (nSPS) is 11.0. The van der Waals surface area contributed by atoms with Crippen molar-refractivity contribution in [1.29, 1.82) is 0 Å². The Bertz CT molecular complexity index is 925. The van der Waals surface area contributed by atoms with Crippen LogP contribution in [0.25, 0.3) is 22.0 Å². The van der Waals surface area contributed by atoms with Crippen molar-refractivity contribution >= 4 is 34.0 Å². The molecule has 0 saturated carbocycles. The number of fused-ring (bicyclic) bond motifs is 1. The summed E-state index contributed by atoms with van der Waals surface area (Å²) in [6.07, 6.45) is 0. The van der Waals surface area contributed by atoms with Crippen LogP contribution >= 0.6 is 23.2 Å². The summed E-state index contributed by atoms with van der Waals surface area (Å²) in [6, 6.07) is 6.43. The van der Waals surface area contributed by atoms with Crippen LogP contribution in [0.2, 0.25) is 10.0 Å². The predicted octanol–water partition coefficient (Wildman–Crippen LogP) is 4.18. The van der Waals surface area contributed by atoms with E-state index >= 15 is 0 Å². The molecule has 0 fully saturated rings. The van der Waals surface area contributed by atoms with Crippen LogP contribution < -0.4 is 5.56 Å². The smallest absolute Gasteiger partial charge is 0.267 e. The highest BCUT2D eigenvalue weighted by molar-refractivity contribution is 6.36. The van der Waals surface area contributed by atoms with E-state index in [2.05, 4.69) is 10.2 Å². The van der Waals surface area contributed by atoms with E-state index in [1.165, 1.54) is 6.07 Å². The first-order chi connectivity index (χ1) is 9.97. The standard InChI is InChI=1S/C14H6Cl2F2N2O/c15-6-1-2-7(10(16)3-6)13-8-4-11(17)12(18)5-9(8)14(21)20-19-13/h1-5H,(H,20,21). The largest absolute Gasteiger partial charge is 0.272 e. The summed E-state index contributed by atoms with van der Waals surface area (Å²) in [5, 5.41) is 7.00. The van der Waals surface area contributed by atoms with Gasteiger partial charge >= 0.3 is 0 Å². The van der Waals surface area contributed by atoms with Gasteiger partial charge in [-0.3, -0.25) is 4.79 Å². The van der Waals surface area contributed by atoms with Gasteiger partial charge in [0.2, 0.25) is 0 Å². The van der Waals surface area contributed by atoms with Crippen LogP contribution in [0.3, 0.4) is 0 Å². The second kappa shape index (κ2) is 5.09. The van der Waals surface area contributed by atoms with E-state index in [0.29, 0.717) is 10.6 Å². The SMILES string of the molecule is O=c1[nH]nc(-c2ccc(Cl)cc2Cl)c2cc(F)c(F)cc12. The van der Waals surface area contributed by atoms with Crippen molar-refractivity contribution in [3.05, 3.63) is 62.4 Å². The van der Waals surface area contributed by atoms with Crippen molar-refractivity contribution in [2.45, 2.75) is 0 Å². The van der Waals surface area contributed by atoms with Crippen molar-refractivity contribution < 1.29 is 8.78 Å². The monoisotopic (exact) mass is 326 g/mol. The first-order valence-corrected chi connectivity index (χ1v) is 6.56. The Morgan fingerprint density at radius 2 is 1.67 bits per heavy atom. The van der Waals surface area contributed by atoms with Gasteiger partial charge in [0.1, 0.15) is 5.69 Å². The van der Waals surface area contributed by atoms with Gasteiger partial charge in [0.15, 0.2) is 11.6 Å². The van der Waals surface area contributed by atoms with Crippen LogP contribution in [0.15, 0.2) is 35.1 Å². The number of aromatic nitrogens is 2. The first-order valence-electron chi connectivity index (χ1n) is 5.80. The molecule has 3 nitrogen and oxygen atoms in total. The van der Waals surface area contributed by atoms with E-state index in [4.69, 9.17) is 23.2 Å². The molecule has 106 valence electrons. The molecule has 0 spiro atoms. The predicted molar refractivity (Wildman–Crippen MR) is 77.7 cm³/mol. The third-order valence-corrected chi connectivity index (χ3v) is 3.56. The molecule has 0 bridgehead atoms. The number of hydrogen-bond acceptors (Lipinski definition) is 2. The molecule has 0 aliphatic rings. The van der Waals surface area contributed by atoms with Crippen LogP contribution in [0, 0.1) is 11.6 Å². The Hall–Kier alpha value is -1.98. The first kappa shape index (κ1) is 14.0. The van der Waals surface area contributed by atoms with Crippen LogP contribution in [0.5, 0.6) is 0 Å². The topological polar surface area (TPSA) is 45.8 Å². The summed E-state index contributed by atoms with van der Waals surface area (Å²) in [5.74, 6) is -2.17. The lowest BCUT2D eigenvalue weighted by Crippen LogP contribution is -2.10. The second-order valence-electron chi connectivity index (χ2n) is 4.34. The summed E-state index contributed by atoms with van der Waals surface area (Å²) in [7, 11) is 0. The summed E-state index contributed by atoms with van der Waals surface area (Å²) >= 11 is 11.9. The lowest BCUT2D eigenvalue weighted by molar-refractivity contribution is 0.511. The molecule has 0 atom stereocenters. The molecule has 1 aromatic heterocycles. The molecule has 3 aromatic rings. The molecule has 2 aromatic carbocycles. The third kappa shape index (κ3) is 2.39. The molecule has 3 rings (SSSR count). The van der Waals surface area contributed by atoms with Crippen molar-refractivity contribution in [3.8, 4) is 11.3 Å². The van der Waals surface area contributed by atoms with Gasteiger partial charge in [0.25, 0.3) is 5.56 Å². The summed E-state index contributed by atoms with van der Waals surface area (Å²) < 4.78 is 26.8. The maximum absolute atomic E-state index is 13.5. The Morgan fingerprint density at radius 1 is 1.00 bits per heavy atom. The van der Waals surface area contributed by atoms with E-state index in [1.807, 2.05) is 0 Å². The minimum Gasteiger partial charge on any atom is -0.267 e. The number of benzene rings is 2. The van der Waals surface area contributed by atoms with E-state index in [9.17, 15) is 13.6 Å². The number of halogens is 4. The number of nitrogens with zero attached hydrogens (tertiary/aromatic N) is 1. The van der Waals surface area contributed by atoms with Crippen LogP contribution in [0.1, 0.15) is 0 Å². The zero-order chi connectivity index (χ0) is 15.1. The molecule has 21 heavy (non-hydrogen) atoms. The maximum Gasteiger partial charge on any atom is 0.272 e. The van der Waals surface area contributed by atoms with E-state index in [1.54, 1.807) is 12.1 Å². The van der Waals surface area contributed by atoms with E-state index in [0.717, 1.165) is 12.1 Å². The van der Waals surface area contributed by atoms with Gasteiger partial charge in [0, 0.05) is 16.0 Å². The number of aromatic amines is 1. The molecule has 0 aliphatic carbocycles. The average Bonchev–Trinajstić information content (AvgIpc) is 2.43. The van der Waals surface area contributed by atoms with Crippen LogP contribution in [-0.4, -0.2) is 10.2 Å². The van der Waals surface area contributed by atoms with Crippen molar-refractivity contribution in [1.82, 2.24) is 10.2 Å². The van der Waals surface area contributed by atoms with Gasteiger partial charge in [-0.25, -0.2) is 13.9 Å². The number of hydrogen-bond donors (Lipinski definition) is 1. The zero-order valence-electron chi connectivity index (χ0n) is 10.3. The summed E-state index contributed by atoms with van der Waals surface area (Å²) in [4.78, 5) is 11.7. The lowest BCUT2D eigenvalue weighted by Gasteiger charge is -2.08. The quantitative estimate of drug-likeness (QED) is 0.729. The second-order valence-corrected chi connectivity index (χ2v) is 5.18. The summed E-state index contributed by atoms with van der Waals surface area (Å²) in [6.45, 7) is 0. The van der Waals surface area contributed by atoms with Gasteiger partial charge in [-0.15, -0.1) is 0 Å². The van der Waals surface area contributed by atoms with Crippen molar-refractivity contribution in [2.24, 2.45) is 0 Å². The number of nitrogens with one attached hydrogen (secondary N) is 1. The average molecular weight is 327 g/mol. The molecule has 0 saturated heterocycles. The number of rotatable bonds is 1. The van der Waals surface area contributed by atoms with Gasteiger partial charge < -0.3 is 0 Å². The Balaban J connectivity index is 2.41. The van der Waals surface area contributed by atoms with Gasteiger partial charge in [-0.2, -0.15) is 5.10 Å². The molecule has 0 amide bonds. The molecule has 0 aliphatic heterocycles. The van der Waals surface area contributed by atoms with E-state index in [-0.39, 0.29) is 21.5 Å². The van der Waals surface area contributed by atoms with Crippen molar-refractivity contribution in [2.75, 3.05) is 0 Å². The Kier molecular flexibility index (Phi) is 3.39. The number of H-pyrrole nitrogens is 1. The molecule has 1 N–H and O–H groups in total. The fourth-order valence-electron chi connectivity index (χ4n) is 2.04. The Labute approximate surface area is 127 Å². The van der Waals surface area contributed by atoms with Gasteiger partial charge in [-0.1, -0.05) is 23.2 Å². The fourth-order valence-corrected chi connectivity index (χ4v) is 2.54. The molecular weight excluding hydrogens is 321 g/mol. The molecule has 7 heteroatoms. The molecular formula is C14H6Cl2F2N2O. The van der Waals surface area contributed by atoms with Crippen molar-refractivity contribution in [3.63, 3.8) is 0 Å². The highest BCUT2D eigenvalue weighted by atomic mass is 35.5. The minimum atomic E-state index is -1.10. The highest BCUT2D eigenvalue weighted by Crippen LogP contribution is 2.32. The maximum atomic E-state index is 13.5. The van der Waals surface area contributed by atoms with E-state index < -0.39 is 17.2 Å². The van der Waals surface area contributed by atoms with Gasteiger partial charge in [-0.05, 0) is 30.3 Å². The van der Waals surface area contributed by atoms with Crippen LogP contribution in [-0.2, 0) is 0 Å². The summed E-state index contributed by atoms with van der Waals surface area (Å²) in [5.41, 5.74) is 0.0798. The molecule has 0 radical (unpaired) electrons. The van der Waals surface area contributed by atoms with Gasteiger partial charge in [0.05, 0.1) is 10.4 Å². The minimum absolute atomic E-state index is 0.00934. The molecule has 0 unspecified atom stereocenters. The lowest BCUT2D eigenvalue weighted by atomic mass is 10.0. The Morgan fingerprint density at radius 3 is 2.33 bits per heavy atom. The fraction of sp³-hybridized carbons (Fsp3) is 0.